The number of anilines is 1. The van der Waals surface area contributed by atoms with E-state index in [1.807, 2.05) is 66.7 Å². The lowest BCUT2D eigenvalue weighted by molar-refractivity contribution is -0.118. The number of benzene rings is 3. The number of nitrogens with one attached hydrogen (secondary N) is 1. The molecule has 0 radical (unpaired) electrons. The molecular formula is C29H28N4O3. The number of ether oxygens (including phenoxy) is 1. The average molecular weight is 481 g/mol. The maximum absolute atomic E-state index is 13.4. The van der Waals surface area contributed by atoms with Gasteiger partial charge in [-0.3, -0.25) is 9.59 Å². The average Bonchev–Trinajstić information content (AvgIpc) is 2.93. The Hall–Kier alpha value is -4.26. The molecule has 0 atom stereocenters. The Morgan fingerprint density at radius 1 is 0.972 bits per heavy atom. The summed E-state index contributed by atoms with van der Waals surface area (Å²) < 4.78 is 7.24. The smallest absolute Gasteiger partial charge is 0.282 e. The lowest BCUT2D eigenvalue weighted by Crippen LogP contribution is -2.25. The molecule has 0 saturated heterocycles. The van der Waals surface area contributed by atoms with Gasteiger partial charge in [-0.05, 0) is 49.2 Å². The molecular weight excluding hydrogens is 452 g/mol. The van der Waals surface area contributed by atoms with Crippen molar-refractivity contribution in [3.8, 4) is 5.75 Å². The number of amides is 1. The van der Waals surface area contributed by atoms with E-state index >= 15 is 0 Å². The summed E-state index contributed by atoms with van der Waals surface area (Å²) in [4.78, 5) is 30.6. The zero-order valence-electron chi connectivity index (χ0n) is 20.0. The van der Waals surface area contributed by atoms with Gasteiger partial charge >= 0.3 is 0 Å². The van der Waals surface area contributed by atoms with Crippen LogP contribution in [-0.4, -0.2) is 28.4 Å². The van der Waals surface area contributed by atoms with E-state index in [2.05, 4.69) is 10.4 Å². The van der Waals surface area contributed by atoms with E-state index in [4.69, 9.17) is 9.72 Å². The standard InChI is InChI=1S/C29H28N4O3/c34-27(31-23-14-5-2-6-15-23)20-36-26-18-10-7-13-22(26)19-30-33-28(21-11-3-1-4-12-21)32-25-17-9-8-16-24(25)29(33)35/h2,5-10,13-19,21H,1,3-4,11-12,20H2,(H,31,34). The van der Waals surface area contributed by atoms with Crippen LogP contribution in [0.1, 0.15) is 49.4 Å². The summed E-state index contributed by atoms with van der Waals surface area (Å²) in [7, 11) is 0. The molecule has 1 aliphatic carbocycles. The van der Waals surface area contributed by atoms with Gasteiger partial charge in [0.15, 0.2) is 6.61 Å². The summed E-state index contributed by atoms with van der Waals surface area (Å²) in [6.07, 6.45) is 7.05. The summed E-state index contributed by atoms with van der Waals surface area (Å²) in [5, 5.41) is 7.94. The second-order valence-corrected chi connectivity index (χ2v) is 8.92. The fourth-order valence-electron chi connectivity index (χ4n) is 4.58. The third-order valence-corrected chi connectivity index (χ3v) is 6.40. The van der Waals surface area contributed by atoms with Crippen LogP contribution in [0.4, 0.5) is 5.69 Å². The van der Waals surface area contributed by atoms with Gasteiger partial charge in [-0.2, -0.15) is 9.78 Å². The number of fused-ring (bicyclic) bond motifs is 1. The van der Waals surface area contributed by atoms with Gasteiger partial charge in [0.1, 0.15) is 11.6 Å². The minimum absolute atomic E-state index is 0.148. The number of carbonyl (C=O) groups excluding carboxylic acids is 1. The van der Waals surface area contributed by atoms with Crippen LogP contribution in [0.3, 0.4) is 0 Å². The normalized spacial score (nSPS) is 14.2. The van der Waals surface area contributed by atoms with E-state index in [1.54, 1.807) is 18.3 Å². The quantitative estimate of drug-likeness (QED) is 0.362. The van der Waals surface area contributed by atoms with Crippen LogP contribution >= 0.6 is 0 Å². The van der Waals surface area contributed by atoms with Crippen molar-refractivity contribution in [1.82, 2.24) is 9.66 Å². The Labute approximate surface area is 209 Å². The molecule has 0 unspecified atom stereocenters. The van der Waals surface area contributed by atoms with Gasteiger partial charge in [0.25, 0.3) is 11.5 Å². The number of rotatable bonds is 7. The summed E-state index contributed by atoms with van der Waals surface area (Å²) >= 11 is 0. The first-order chi connectivity index (χ1) is 17.7. The topological polar surface area (TPSA) is 85.6 Å². The van der Waals surface area contributed by atoms with Gasteiger partial charge in [-0.25, -0.2) is 4.98 Å². The van der Waals surface area contributed by atoms with Crippen molar-refractivity contribution in [3.05, 3.63) is 101 Å². The van der Waals surface area contributed by atoms with Gasteiger partial charge in [-0.15, -0.1) is 0 Å². The molecule has 3 aromatic carbocycles. The van der Waals surface area contributed by atoms with Gasteiger partial charge in [-0.1, -0.05) is 61.7 Å². The predicted molar refractivity (Wildman–Crippen MR) is 142 cm³/mol. The van der Waals surface area contributed by atoms with E-state index in [1.165, 1.54) is 11.1 Å². The van der Waals surface area contributed by atoms with Crippen molar-refractivity contribution in [2.45, 2.75) is 38.0 Å². The van der Waals surface area contributed by atoms with Gasteiger partial charge < -0.3 is 10.1 Å². The van der Waals surface area contributed by atoms with Crippen LogP contribution in [0, 0.1) is 0 Å². The maximum Gasteiger partial charge on any atom is 0.282 e. The first kappa shape index (κ1) is 23.5. The highest BCUT2D eigenvalue weighted by atomic mass is 16.5. The second kappa shape index (κ2) is 11.0. The highest BCUT2D eigenvalue weighted by Crippen LogP contribution is 2.31. The molecule has 36 heavy (non-hydrogen) atoms. The Balaban J connectivity index is 1.41. The van der Waals surface area contributed by atoms with Crippen LogP contribution < -0.4 is 15.6 Å². The molecule has 4 aromatic rings. The molecule has 1 heterocycles. The largest absolute Gasteiger partial charge is 0.483 e. The Morgan fingerprint density at radius 3 is 2.53 bits per heavy atom. The van der Waals surface area contributed by atoms with Crippen molar-refractivity contribution in [3.63, 3.8) is 0 Å². The number of nitrogens with zero attached hydrogens (tertiary/aromatic N) is 3. The molecule has 1 saturated carbocycles. The number of para-hydroxylation sites is 3. The van der Waals surface area contributed by atoms with E-state index in [0.717, 1.165) is 25.7 Å². The van der Waals surface area contributed by atoms with E-state index < -0.39 is 0 Å². The maximum atomic E-state index is 13.4. The number of aromatic nitrogens is 2. The Morgan fingerprint density at radius 2 is 1.69 bits per heavy atom. The summed E-state index contributed by atoms with van der Waals surface area (Å²) in [5.41, 5.74) is 1.89. The first-order valence-corrected chi connectivity index (χ1v) is 12.3. The summed E-state index contributed by atoms with van der Waals surface area (Å²) in [6, 6.07) is 23.9. The van der Waals surface area contributed by atoms with E-state index in [9.17, 15) is 9.59 Å². The minimum atomic E-state index is -0.262. The van der Waals surface area contributed by atoms with Gasteiger partial charge in [0, 0.05) is 17.2 Å². The van der Waals surface area contributed by atoms with E-state index in [-0.39, 0.29) is 24.0 Å². The molecule has 1 N–H and O–H groups in total. The molecule has 7 nitrogen and oxygen atoms in total. The van der Waals surface area contributed by atoms with Gasteiger partial charge in [0.2, 0.25) is 0 Å². The minimum Gasteiger partial charge on any atom is -0.483 e. The molecule has 1 aliphatic rings. The van der Waals surface area contributed by atoms with Crippen molar-refractivity contribution in [1.29, 1.82) is 0 Å². The van der Waals surface area contributed by atoms with Crippen molar-refractivity contribution in [2.75, 3.05) is 11.9 Å². The molecule has 0 spiro atoms. The highest BCUT2D eigenvalue weighted by Gasteiger charge is 2.22. The molecule has 7 heteroatoms. The third kappa shape index (κ3) is 5.35. The van der Waals surface area contributed by atoms with Crippen LogP contribution in [-0.2, 0) is 4.79 Å². The molecule has 1 fully saturated rings. The van der Waals surface area contributed by atoms with Crippen molar-refractivity contribution >= 4 is 28.7 Å². The van der Waals surface area contributed by atoms with Crippen LogP contribution in [0.5, 0.6) is 5.75 Å². The lowest BCUT2D eigenvalue weighted by Gasteiger charge is -2.22. The van der Waals surface area contributed by atoms with Gasteiger partial charge in [0.05, 0.1) is 17.1 Å². The van der Waals surface area contributed by atoms with Crippen LogP contribution in [0.25, 0.3) is 10.9 Å². The van der Waals surface area contributed by atoms with Crippen LogP contribution in [0.2, 0.25) is 0 Å². The second-order valence-electron chi connectivity index (χ2n) is 8.92. The fraction of sp³-hybridized carbons (Fsp3) is 0.241. The Bertz CT molecular complexity index is 1440. The number of carbonyl (C=O) groups is 1. The first-order valence-electron chi connectivity index (χ1n) is 12.3. The zero-order valence-corrected chi connectivity index (χ0v) is 20.0. The summed E-state index contributed by atoms with van der Waals surface area (Å²) in [6.45, 7) is -0.148. The monoisotopic (exact) mass is 480 g/mol. The lowest BCUT2D eigenvalue weighted by atomic mass is 9.88. The fourth-order valence-corrected chi connectivity index (χ4v) is 4.58. The van der Waals surface area contributed by atoms with Crippen LogP contribution in [0.15, 0.2) is 88.8 Å². The number of hydrogen-bond acceptors (Lipinski definition) is 5. The molecule has 1 amide bonds. The number of hydrogen-bond donors (Lipinski definition) is 1. The SMILES string of the molecule is O=C(COc1ccccc1C=Nn1c(C2CCCCC2)nc2ccccc2c1=O)Nc1ccccc1. The molecule has 5 rings (SSSR count). The van der Waals surface area contributed by atoms with Crippen molar-refractivity contribution in [2.24, 2.45) is 5.10 Å². The predicted octanol–water partition coefficient (Wildman–Crippen LogP) is 5.34. The van der Waals surface area contributed by atoms with E-state index in [0.29, 0.717) is 33.7 Å². The molecule has 0 bridgehead atoms. The molecule has 0 aliphatic heterocycles. The zero-order chi connectivity index (χ0) is 24.7. The molecule has 1 aromatic heterocycles. The Kier molecular flexibility index (Phi) is 7.17. The highest BCUT2D eigenvalue weighted by molar-refractivity contribution is 5.92. The molecule has 182 valence electrons. The van der Waals surface area contributed by atoms with Crippen molar-refractivity contribution < 1.29 is 9.53 Å². The third-order valence-electron chi connectivity index (χ3n) is 6.40. The summed E-state index contributed by atoms with van der Waals surface area (Å²) in [5.74, 6) is 1.14.